The maximum atomic E-state index is 13.2. The van der Waals surface area contributed by atoms with Crippen molar-refractivity contribution < 1.29 is 9.59 Å². The van der Waals surface area contributed by atoms with Crippen molar-refractivity contribution in [3.63, 3.8) is 0 Å². The van der Waals surface area contributed by atoms with Crippen LogP contribution in [0.5, 0.6) is 0 Å². The lowest BCUT2D eigenvalue weighted by atomic mass is 9.92. The molecule has 5 nitrogen and oxygen atoms in total. The SMILES string of the molecule is CCN(CC)CCCC(=O)c1c(C)[nH]c(/C=C2\C(=O)Nc3cccc(-c4cccc(-c5ccccc5)c4)c32)c1C. The lowest BCUT2D eigenvalue weighted by Gasteiger charge is -2.17. The van der Waals surface area contributed by atoms with Crippen LogP contribution in [0.1, 0.15) is 59.6 Å². The minimum absolute atomic E-state index is 0.139. The van der Waals surface area contributed by atoms with E-state index in [0.29, 0.717) is 12.0 Å². The molecule has 40 heavy (non-hydrogen) atoms. The highest BCUT2D eigenvalue weighted by molar-refractivity contribution is 6.36. The van der Waals surface area contributed by atoms with E-state index in [0.717, 1.165) is 82.1 Å². The first-order chi connectivity index (χ1) is 19.4. The van der Waals surface area contributed by atoms with Crippen LogP contribution < -0.4 is 5.32 Å². The topological polar surface area (TPSA) is 65.2 Å². The number of H-pyrrole nitrogens is 1. The third-order valence-corrected chi connectivity index (χ3v) is 7.92. The summed E-state index contributed by atoms with van der Waals surface area (Å²) < 4.78 is 0. The van der Waals surface area contributed by atoms with Gasteiger partial charge in [-0.2, -0.15) is 0 Å². The third-order valence-electron chi connectivity index (χ3n) is 7.92. The first-order valence-electron chi connectivity index (χ1n) is 14.2. The van der Waals surface area contributed by atoms with Gasteiger partial charge in [-0.05, 0) is 85.9 Å². The number of nitrogens with one attached hydrogen (secondary N) is 2. The minimum Gasteiger partial charge on any atom is -0.358 e. The standard InChI is InChI=1S/C35H37N3O2/c1-5-38(6-2)20-12-19-32(39)33-23(3)31(36-24(33)4)22-29-34-28(17-11-18-30(34)37-35(29)40)27-16-10-15-26(21-27)25-13-8-7-9-14-25/h7-11,13-18,21-22,36H,5-6,12,19-20H2,1-4H3,(H,37,40)/b29-22-. The molecule has 5 heteroatoms. The summed E-state index contributed by atoms with van der Waals surface area (Å²) in [4.78, 5) is 32.2. The van der Waals surface area contributed by atoms with E-state index in [2.05, 4.69) is 71.5 Å². The lowest BCUT2D eigenvalue weighted by molar-refractivity contribution is -0.110. The zero-order valence-electron chi connectivity index (χ0n) is 23.8. The summed E-state index contributed by atoms with van der Waals surface area (Å²) in [6.07, 6.45) is 3.25. The smallest absolute Gasteiger partial charge is 0.256 e. The van der Waals surface area contributed by atoms with Gasteiger partial charge in [-0.15, -0.1) is 0 Å². The van der Waals surface area contributed by atoms with Crippen LogP contribution in [0.2, 0.25) is 0 Å². The first-order valence-corrected chi connectivity index (χ1v) is 14.2. The average molecular weight is 532 g/mol. The number of nitrogens with zero attached hydrogens (tertiary/aromatic N) is 1. The van der Waals surface area contributed by atoms with E-state index in [1.165, 1.54) is 0 Å². The summed E-state index contributed by atoms with van der Waals surface area (Å²) >= 11 is 0. The second-order valence-corrected chi connectivity index (χ2v) is 10.4. The number of fused-ring (bicyclic) bond motifs is 1. The molecule has 1 aliphatic rings. The number of Topliss-reactive ketones (excluding diaryl/α,β-unsaturated/α-hetero) is 1. The maximum absolute atomic E-state index is 13.2. The zero-order chi connectivity index (χ0) is 28.2. The number of benzene rings is 3. The highest BCUT2D eigenvalue weighted by Crippen LogP contribution is 2.41. The summed E-state index contributed by atoms with van der Waals surface area (Å²) in [5.74, 6) is 0.0122. The molecular weight excluding hydrogens is 494 g/mol. The Labute approximate surface area is 236 Å². The van der Waals surface area contributed by atoms with Gasteiger partial charge < -0.3 is 15.2 Å². The molecule has 2 N–H and O–H groups in total. The fourth-order valence-electron chi connectivity index (χ4n) is 5.73. The number of aryl methyl sites for hydroxylation is 1. The molecule has 1 aromatic heterocycles. The molecule has 0 spiro atoms. The summed E-state index contributed by atoms with van der Waals surface area (Å²) in [5, 5.41) is 3.04. The number of amides is 1. The van der Waals surface area contributed by atoms with Crippen molar-refractivity contribution in [3.8, 4) is 22.3 Å². The van der Waals surface area contributed by atoms with E-state index in [-0.39, 0.29) is 11.7 Å². The molecule has 1 amide bonds. The van der Waals surface area contributed by atoms with E-state index >= 15 is 0 Å². The number of anilines is 1. The van der Waals surface area contributed by atoms with E-state index in [4.69, 9.17) is 0 Å². The van der Waals surface area contributed by atoms with Crippen LogP contribution in [0, 0.1) is 13.8 Å². The quantitative estimate of drug-likeness (QED) is 0.162. The normalized spacial score (nSPS) is 13.6. The van der Waals surface area contributed by atoms with Gasteiger partial charge in [0.05, 0.1) is 5.57 Å². The van der Waals surface area contributed by atoms with Gasteiger partial charge in [-0.1, -0.05) is 74.5 Å². The molecule has 204 valence electrons. The Morgan fingerprint density at radius 2 is 1.57 bits per heavy atom. The molecule has 5 rings (SSSR count). The molecule has 0 saturated carbocycles. The van der Waals surface area contributed by atoms with Gasteiger partial charge in [-0.25, -0.2) is 0 Å². The van der Waals surface area contributed by atoms with Crippen LogP contribution >= 0.6 is 0 Å². The Kier molecular flexibility index (Phi) is 8.13. The fraction of sp³-hybridized carbons (Fsp3) is 0.257. The van der Waals surface area contributed by atoms with Gasteiger partial charge in [-0.3, -0.25) is 9.59 Å². The van der Waals surface area contributed by atoms with Crippen molar-refractivity contribution in [2.45, 2.75) is 40.5 Å². The summed E-state index contributed by atoms with van der Waals surface area (Å²) in [6.45, 7) is 11.1. The second-order valence-electron chi connectivity index (χ2n) is 10.4. The highest BCUT2D eigenvalue weighted by atomic mass is 16.2. The number of ketones is 1. The fourth-order valence-corrected chi connectivity index (χ4v) is 5.73. The van der Waals surface area contributed by atoms with Gasteiger partial charge in [0.1, 0.15) is 0 Å². The lowest BCUT2D eigenvalue weighted by Crippen LogP contribution is -2.24. The van der Waals surface area contributed by atoms with Gasteiger partial charge in [0.2, 0.25) is 0 Å². The van der Waals surface area contributed by atoms with Crippen LogP contribution in [0.3, 0.4) is 0 Å². The Balaban J connectivity index is 1.49. The van der Waals surface area contributed by atoms with E-state index in [9.17, 15) is 9.59 Å². The largest absolute Gasteiger partial charge is 0.358 e. The molecule has 0 atom stereocenters. The van der Waals surface area contributed by atoms with Crippen LogP contribution in [-0.2, 0) is 4.79 Å². The van der Waals surface area contributed by atoms with Gasteiger partial charge in [0.15, 0.2) is 5.78 Å². The average Bonchev–Trinajstić information content (AvgIpc) is 3.45. The number of hydrogen-bond acceptors (Lipinski definition) is 3. The van der Waals surface area contributed by atoms with Gasteiger partial charge in [0, 0.05) is 34.6 Å². The highest BCUT2D eigenvalue weighted by Gasteiger charge is 2.28. The third kappa shape index (κ3) is 5.43. The molecule has 0 fully saturated rings. The van der Waals surface area contributed by atoms with E-state index < -0.39 is 0 Å². The van der Waals surface area contributed by atoms with Gasteiger partial charge in [0.25, 0.3) is 5.91 Å². The van der Waals surface area contributed by atoms with Crippen molar-refractivity contribution >= 4 is 29.0 Å². The number of carbonyl (C=O) groups excluding carboxylic acids is 2. The predicted octanol–water partition coefficient (Wildman–Crippen LogP) is 7.76. The molecule has 0 radical (unpaired) electrons. The predicted molar refractivity (Wildman–Crippen MR) is 165 cm³/mol. The van der Waals surface area contributed by atoms with Crippen molar-refractivity contribution in [2.75, 3.05) is 25.0 Å². The van der Waals surface area contributed by atoms with Crippen molar-refractivity contribution in [2.24, 2.45) is 0 Å². The molecule has 0 aliphatic carbocycles. The monoisotopic (exact) mass is 531 g/mol. The van der Waals surface area contributed by atoms with E-state index in [1.807, 2.05) is 50.3 Å². The molecule has 2 heterocycles. The molecule has 1 aliphatic heterocycles. The zero-order valence-corrected chi connectivity index (χ0v) is 23.8. The summed E-state index contributed by atoms with van der Waals surface area (Å²) in [6, 6.07) is 24.7. The molecular formula is C35H37N3O2. The van der Waals surface area contributed by atoms with Crippen LogP contribution in [-0.4, -0.2) is 41.2 Å². The Hall–Kier alpha value is -4.22. The minimum atomic E-state index is -0.139. The van der Waals surface area contributed by atoms with Crippen molar-refractivity contribution in [3.05, 3.63) is 101 Å². The van der Waals surface area contributed by atoms with Crippen LogP contribution in [0.15, 0.2) is 72.8 Å². The first kappa shape index (κ1) is 27.4. The van der Waals surface area contributed by atoms with Crippen molar-refractivity contribution in [1.82, 2.24) is 9.88 Å². The maximum Gasteiger partial charge on any atom is 0.256 e. The Morgan fingerprint density at radius 3 is 2.33 bits per heavy atom. The molecule has 0 saturated heterocycles. The van der Waals surface area contributed by atoms with Crippen LogP contribution in [0.4, 0.5) is 5.69 Å². The summed E-state index contributed by atoms with van der Waals surface area (Å²) in [7, 11) is 0. The molecule has 3 aromatic carbocycles. The van der Waals surface area contributed by atoms with Crippen molar-refractivity contribution in [1.29, 1.82) is 0 Å². The molecule has 0 bridgehead atoms. The number of aromatic amines is 1. The Morgan fingerprint density at radius 1 is 0.875 bits per heavy atom. The molecule has 0 unspecified atom stereocenters. The number of rotatable bonds is 10. The number of aromatic nitrogens is 1. The number of hydrogen-bond donors (Lipinski definition) is 2. The summed E-state index contributed by atoms with van der Waals surface area (Å²) in [5.41, 5.74) is 9.88. The van der Waals surface area contributed by atoms with E-state index in [1.54, 1.807) is 0 Å². The number of carbonyl (C=O) groups is 2. The van der Waals surface area contributed by atoms with Crippen LogP contribution in [0.25, 0.3) is 33.9 Å². The second kappa shape index (κ2) is 11.9. The molecule has 4 aromatic rings. The Bertz CT molecular complexity index is 1580. The van der Waals surface area contributed by atoms with Gasteiger partial charge >= 0.3 is 0 Å².